The third kappa shape index (κ3) is 4.18. The summed E-state index contributed by atoms with van der Waals surface area (Å²) in [5.74, 6) is 0.179. The van der Waals surface area contributed by atoms with E-state index in [2.05, 4.69) is 10.3 Å². The topological polar surface area (TPSA) is 64.0 Å². The van der Waals surface area contributed by atoms with Crippen LogP contribution in [-0.2, 0) is 17.8 Å². The van der Waals surface area contributed by atoms with Gasteiger partial charge in [0.1, 0.15) is 12.4 Å². The number of nitrogens with zero attached hydrogens (tertiary/aromatic N) is 2. The highest BCUT2D eigenvalue weighted by Gasteiger charge is 2.13. The van der Waals surface area contributed by atoms with Crippen LogP contribution in [0.1, 0.15) is 12.6 Å². The first-order valence-corrected chi connectivity index (χ1v) is 8.66. The minimum Gasteiger partial charge on any atom is -0.325 e. The zero-order valence-corrected chi connectivity index (χ0v) is 15.0. The van der Waals surface area contributed by atoms with E-state index in [9.17, 15) is 9.59 Å². The van der Waals surface area contributed by atoms with Gasteiger partial charge in [-0.1, -0.05) is 48.9 Å². The smallest absolute Gasteiger partial charge is 0.254 e. The molecule has 0 unspecified atom stereocenters. The quantitative estimate of drug-likeness (QED) is 0.746. The Hall–Kier alpha value is -2.92. The number of hydrogen-bond acceptors (Lipinski definition) is 3. The second kappa shape index (κ2) is 7.97. The lowest BCUT2D eigenvalue weighted by molar-refractivity contribution is -0.116. The molecule has 5 nitrogen and oxygen atoms in total. The van der Waals surface area contributed by atoms with Crippen LogP contribution < -0.4 is 10.9 Å². The van der Waals surface area contributed by atoms with E-state index in [0.717, 1.165) is 5.56 Å². The summed E-state index contributed by atoms with van der Waals surface area (Å²) in [6, 6.07) is 17.6. The van der Waals surface area contributed by atoms with Gasteiger partial charge in [0.05, 0.1) is 0 Å². The van der Waals surface area contributed by atoms with Crippen molar-refractivity contribution in [3.63, 3.8) is 0 Å². The molecule has 1 heterocycles. The Morgan fingerprint density at radius 3 is 2.46 bits per heavy atom. The summed E-state index contributed by atoms with van der Waals surface area (Å²) in [4.78, 5) is 29.5. The van der Waals surface area contributed by atoms with E-state index >= 15 is 0 Å². The highest BCUT2D eigenvalue weighted by Crippen LogP contribution is 2.17. The lowest BCUT2D eigenvalue weighted by Gasteiger charge is -2.13. The van der Waals surface area contributed by atoms with Crippen LogP contribution in [0.2, 0.25) is 5.02 Å². The fourth-order valence-electron chi connectivity index (χ4n) is 2.57. The van der Waals surface area contributed by atoms with E-state index in [1.54, 1.807) is 24.3 Å². The number of benzene rings is 2. The minimum absolute atomic E-state index is 0.122. The summed E-state index contributed by atoms with van der Waals surface area (Å²) in [5.41, 5.74) is 1.86. The van der Waals surface area contributed by atoms with E-state index in [0.29, 0.717) is 28.6 Å². The summed E-state index contributed by atoms with van der Waals surface area (Å²) in [5, 5.41) is 3.35. The molecule has 0 spiro atoms. The predicted molar refractivity (Wildman–Crippen MR) is 103 cm³/mol. The monoisotopic (exact) mass is 367 g/mol. The predicted octanol–water partition coefficient (Wildman–Crippen LogP) is 3.76. The molecule has 0 fully saturated rings. The van der Waals surface area contributed by atoms with Crippen LogP contribution in [0, 0.1) is 0 Å². The van der Waals surface area contributed by atoms with Crippen LogP contribution in [0.5, 0.6) is 0 Å². The molecule has 0 bridgehead atoms. The van der Waals surface area contributed by atoms with Crippen molar-refractivity contribution in [2.75, 3.05) is 5.32 Å². The molecule has 2 aromatic carbocycles. The SMILES string of the molecule is CCc1cc(=O)n(CC(=O)Nc2ccc(Cl)cc2)c(-c2ccccc2)n1. The summed E-state index contributed by atoms with van der Waals surface area (Å²) in [7, 11) is 0. The first-order chi connectivity index (χ1) is 12.6. The number of hydrogen-bond donors (Lipinski definition) is 1. The van der Waals surface area contributed by atoms with Gasteiger partial charge in [-0.25, -0.2) is 4.98 Å². The van der Waals surface area contributed by atoms with Crippen molar-refractivity contribution in [3.8, 4) is 11.4 Å². The molecule has 132 valence electrons. The van der Waals surface area contributed by atoms with E-state index < -0.39 is 0 Å². The van der Waals surface area contributed by atoms with Gasteiger partial charge in [0.2, 0.25) is 5.91 Å². The van der Waals surface area contributed by atoms with E-state index in [-0.39, 0.29) is 18.0 Å². The molecule has 1 N–H and O–H groups in total. The number of halogens is 1. The summed E-state index contributed by atoms with van der Waals surface area (Å²) in [6.45, 7) is 1.82. The van der Waals surface area contributed by atoms with Gasteiger partial charge in [-0.2, -0.15) is 0 Å². The first-order valence-electron chi connectivity index (χ1n) is 8.28. The third-order valence-corrected chi connectivity index (χ3v) is 4.14. The zero-order valence-electron chi connectivity index (χ0n) is 14.3. The molecule has 0 aliphatic carbocycles. The molecule has 1 amide bonds. The number of aryl methyl sites for hydroxylation is 1. The maximum Gasteiger partial charge on any atom is 0.254 e. The number of nitrogens with one attached hydrogen (secondary N) is 1. The van der Waals surface area contributed by atoms with Crippen molar-refractivity contribution < 1.29 is 4.79 Å². The molecule has 6 heteroatoms. The molecule has 0 atom stereocenters. The molecule has 3 rings (SSSR count). The molecule has 0 aliphatic rings. The Bertz CT molecular complexity index is 967. The lowest BCUT2D eigenvalue weighted by atomic mass is 10.2. The van der Waals surface area contributed by atoms with Gasteiger partial charge < -0.3 is 5.32 Å². The van der Waals surface area contributed by atoms with E-state index in [1.807, 2.05) is 37.3 Å². The van der Waals surface area contributed by atoms with Gasteiger partial charge in [0, 0.05) is 28.0 Å². The van der Waals surface area contributed by atoms with Crippen molar-refractivity contribution >= 4 is 23.2 Å². The van der Waals surface area contributed by atoms with E-state index in [4.69, 9.17) is 11.6 Å². The molecule has 0 saturated carbocycles. The molecule has 0 aliphatic heterocycles. The van der Waals surface area contributed by atoms with Crippen LogP contribution in [0.3, 0.4) is 0 Å². The van der Waals surface area contributed by atoms with Crippen molar-refractivity contribution in [3.05, 3.63) is 81.7 Å². The van der Waals surface area contributed by atoms with Gasteiger partial charge in [0.15, 0.2) is 0 Å². The number of amides is 1. The maximum absolute atomic E-state index is 12.6. The maximum atomic E-state index is 12.6. The Balaban J connectivity index is 1.92. The van der Waals surface area contributed by atoms with Crippen LogP contribution in [0.4, 0.5) is 5.69 Å². The Morgan fingerprint density at radius 1 is 1.12 bits per heavy atom. The van der Waals surface area contributed by atoms with Crippen LogP contribution in [-0.4, -0.2) is 15.5 Å². The lowest BCUT2D eigenvalue weighted by Crippen LogP contribution is -2.30. The van der Waals surface area contributed by atoms with Crippen LogP contribution >= 0.6 is 11.6 Å². The molecule has 0 radical (unpaired) electrons. The van der Waals surface area contributed by atoms with E-state index in [1.165, 1.54) is 10.6 Å². The molecule has 1 aromatic heterocycles. The van der Waals surface area contributed by atoms with Gasteiger partial charge in [-0.3, -0.25) is 14.2 Å². The first kappa shape index (κ1) is 17.9. The Labute approximate surface area is 156 Å². The van der Waals surface area contributed by atoms with Crippen molar-refractivity contribution in [1.29, 1.82) is 0 Å². The fraction of sp³-hybridized carbons (Fsp3) is 0.150. The zero-order chi connectivity index (χ0) is 18.5. The van der Waals surface area contributed by atoms with Gasteiger partial charge >= 0.3 is 0 Å². The number of carbonyl (C=O) groups is 1. The van der Waals surface area contributed by atoms with Crippen LogP contribution in [0.25, 0.3) is 11.4 Å². The summed E-state index contributed by atoms with van der Waals surface area (Å²) < 4.78 is 1.39. The Morgan fingerprint density at radius 2 is 1.81 bits per heavy atom. The largest absolute Gasteiger partial charge is 0.325 e. The third-order valence-electron chi connectivity index (χ3n) is 3.89. The number of carbonyl (C=O) groups excluding carboxylic acids is 1. The second-order valence-corrected chi connectivity index (χ2v) is 6.21. The number of anilines is 1. The highest BCUT2D eigenvalue weighted by molar-refractivity contribution is 6.30. The summed E-state index contributed by atoms with van der Waals surface area (Å²) >= 11 is 5.85. The molecule has 0 saturated heterocycles. The molecular weight excluding hydrogens is 350 g/mol. The average Bonchev–Trinajstić information content (AvgIpc) is 2.65. The number of aromatic nitrogens is 2. The fourth-order valence-corrected chi connectivity index (χ4v) is 2.70. The normalized spacial score (nSPS) is 10.5. The minimum atomic E-state index is -0.308. The van der Waals surface area contributed by atoms with Gasteiger partial charge in [0.25, 0.3) is 5.56 Å². The average molecular weight is 368 g/mol. The molecule has 3 aromatic rings. The van der Waals surface area contributed by atoms with Gasteiger partial charge in [-0.05, 0) is 30.7 Å². The van der Waals surface area contributed by atoms with Crippen molar-refractivity contribution in [2.24, 2.45) is 0 Å². The highest BCUT2D eigenvalue weighted by atomic mass is 35.5. The van der Waals surface area contributed by atoms with Crippen molar-refractivity contribution in [2.45, 2.75) is 19.9 Å². The standard InChI is InChI=1S/C20H18ClN3O2/c1-2-16-12-19(26)24(20(23-16)14-6-4-3-5-7-14)13-18(25)22-17-10-8-15(21)9-11-17/h3-12H,2,13H2,1H3,(H,22,25). The molecular formula is C20H18ClN3O2. The van der Waals surface area contributed by atoms with Crippen molar-refractivity contribution in [1.82, 2.24) is 9.55 Å². The Kier molecular flexibility index (Phi) is 5.49. The second-order valence-electron chi connectivity index (χ2n) is 5.77. The molecule has 26 heavy (non-hydrogen) atoms. The van der Waals surface area contributed by atoms with Gasteiger partial charge in [-0.15, -0.1) is 0 Å². The summed E-state index contributed by atoms with van der Waals surface area (Å²) in [6.07, 6.45) is 0.646. The van der Waals surface area contributed by atoms with Crippen LogP contribution in [0.15, 0.2) is 65.5 Å². The number of rotatable bonds is 5.